The van der Waals surface area contributed by atoms with Gasteiger partial charge in [-0.15, -0.1) is 0 Å². The minimum atomic E-state index is -4.03. The van der Waals surface area contributed by atoms with Gasteiger partial charge in [-0.05, 0) is 45.1 Å². The number of ether oxygens (including phenoxy) is 1. The average molecular weight is 448 g/mol. The molecule has 0 saturated carbocycles. The number of likely N-dealkylation sites (N-methyl/N-ethyl adjacent to an activating group) is 1. The number of carbonyl (C=O) groups is 1. The fourth-order valence-electron chi connectivity index (χ4n) is 3.41. The summed E-state index contributed by atoms with van der Waals surface area (Å²) >= 11 is 0. The first-order valence-electron chi connectivity index (χ1n) is 9.38. The molecule has 0 spiro atoms. The van der Waals surface area contributed by atoms with E-state index in [4.69, 9.17) is 4.74 Å². The second-order valence-electron chi connectivity index (χ2n) is 7.37. The van der Waals surface area contributed by atoms with Gasteiger partial charge in [-0.1, -0.05) is 13.8 Å². The molecule has 0 unspecified atom stereocenters. The Balaban J connectivity index is 2.40. The minimum absolute atomic E-state index is 0.0170. The van der Waals surface area contributed by atoms with Gasteiger partial charge in [-0.3, -0.25) is 9.69 Å². The Labute approximate surface area is 173 Å². The van der Waals surface area contributed by atoms with Gasteiger partial charge in [-0.2, -0.15) is 0 Å². The summed E-state index contributed by atoms with van der Waals surface area (Å²) in [5.41, 5.74) is -0.452. The van der Waals surface area contributed by atoms with E-state index in [-0.39, 0.29) is 35.1 Å². The van der Waals surface area contributed by atoms with Crippen LogP contribution in [0.5, 0.6) is 5.75 Å². The van der Waals surface area contributed by atoms with Gasteiger partial charge in [0.2, 0.25) is 26.0 Å². The van der Waals surface area contributed by atoms with E-state index >= 15 is 0 Å². The molecule has 0 aromatic heterocycles. The van der Waals surface area contributed by atoms with Gasteiger partial charge in [0.15, 0.2) is 0 Å². The van der Waals surface area contributed by atoms with Crippen LogP contribution in [0, 0.1) is 0 Å². The molecule has 1 fully saturated rings. The van der Waals surface area contributed by atoms with Crippen LogP contribution in [0.15, 0.2) is 23.1 Å². The molecule has 2 rings (SSSR count). The molecular weight excluding hydrogens is 418 g/mol. The quantitative estimate of drug-likeness (QED) is 0.604. The molecule has 164 valence electrons. The summed E-state index contributed by atoms with van der Waals surface area (Å²) in [4.78, 5) is 14.0. The molecule has 11 heteroatoms. The lowest BCUT2D eigenvalue weighted by molar-refractivity contribution is -0.116. The Kier molecular flexibility index (Phi) is 6.98. The van der Waals surface area contributed by atoms with Crippen LogP contribution in [-0.4, -0.2) is 65.7 Å². The zero-order valence-corrected chi connectivity index (χ0v) is 19.1. The number of amides is 1. The highest BCUT2D eigenvalue weighted by Gasteiger charge is 2.37. The van der Waals surface area contributed by atoms with Gasteiger partial charge < -0.3 is 4.74 Å². The van der Waals surface area contributed by atoms with Gasteiger partial charge in [0.25, 0.3) is 0 Å². The first-order chi connectivity index (χ1) is 13.4. The van der Waals surface area contributed by atoms with Crippen molar-refractivity contribution in [2.45, 2.75) is 44.6 Å². The minimum Gasteiger partial charge on any atom is -0.495 e. The molecule has 1 aliphatic rings. The Hall–Kier alpha value is -1.69. The summed E-state index contributed by atoms with van der Waals surface area (Å²) in [6, 6.07) is 3.87. The van der Waals surface area contributed by atoms with Crippen LogP contribution < -0.4 is 13.8 Å². The fraction of sp³-hybridized carbons (Fsp3) is 0.611. The number of nitrogens with one attached hydrogen (secondary N) is 1. The summed E-state index contributed by atoms with van der Waals surface area (Å²) in [5.74, 6) is -0.823. The van der Waals surface area contributed by atoms with Gasteiger partial charge in [0.05, 0.1) is 18.6 Å². The molecule has 29 heavy (non-hydrogen) atoms. The van der Waals surface area contributed by atoms with Gasteiger partial charge in [0, 0.05) is 18.5 Å². The monoisotopic (exact) mass is 447 g/mol. The average Bonchev–Trinajstić information content (AvgIpc) is 2.93. The maximum absolute atomic E-state index is 13.0. The van der Waals surface area contributed by atoms with E-state index in [0.29, 0.717) is 4.31 Å². The van der Waals surface area contributed by atoms with Crippen LogP contribution in [0.4, 0.5) is 5.69 Å². The largest absolute Gasteiger partial charge is 0.495 e. The third-order valence-corrected chi connectivity index (χ3v) is 8.18. The van der Waals surface area contributed by atoms with Crippen molar-refractivity contribution in [1.82, 2.24) is 9.62 Å². The van der Waals surface area contributed by atoms with Crippen LogP contribution in [0.25, 0.3) is 0 Å². The van der Waals surface area contributed by atoms with Crippen molar-refractivity contribution in [3.05, 3.63) is 18.2 Å². The van der Waals surface area contributed by atoms with Crippen molar-refractivity contribution in [1.29, 1.82) is 0 Å². The van der Waals surface area contributed by atoms with Crippen LogP contribution in [0.1, 0.15) is 34.1 Å². The van der Waals surface area contributed by atoms with Crippen LogP contribution in [-0.2, 0) is 24.8 Å². The zero-order valence-electron chi connectivity index (χ0n) is 17.4. The summed E-state index contributed by atoms with van der Waals surface area (Å²) in [5, 5.41) is 0. The number of nitrogens with zero attached hydrogens (tertiary/aromatic N) is 2. The maximum Gasteiger partial charge on any atom is 0.244 e. The van der Waals surface area contributed by atoms with E-state index in [0.717, 1.165) is 19.2 Å². The molecule has 0 atom stereocenters. The molecule has 1 aromatic rings. The summed E-state index contributed by atoms with van der Waals surface area (Å²) < 4.78 is 58.8. The molecule has 1 N–H and O–H groups in total. The first kappa shape index (κ1) is 23.6. The lowest BCUT2D eigenvalue weighted by Crippen LogP contribution is -2.51. The topological polar surface area (TPSA) is 113 Å². The van der Waals surface area contributed by atoms with Gasteiger partial charge in [-0.25, -0.2) is 25.9 Å². The lowest BCUT2D eigenvalue weighted by Gasteiger charge is -2.37. The highest BCUT2D eigenvalue weighted by atomic mass is 32.2. The van der Waals surface area contributed by atoms with Crippen molar-refractivity contribution in [2.24, 2.45) is 0 Å². The predicted molar refractivity (Wildman–Crippen MR) is 111 cm³/mol. The molecule has 1 saturated heterocycles. The molecule has 0 radical (unpaired) electrons. The fourth-order valence-corrected chi connectivity index (χ4v) is 6.25. The Bertz CT molecular complexity index is 969. The molecule has 1 heterocycles. The predicted octanol–water partition coefficient (Wildman–Crippen LogP) is 1.16. The SMILES string of the molecule is CCN(CC)C(C)(C)CNS(=O)(=O)c1cc(N2C(=O)CCS2(=O)=O)ccc1OC. The van der Waals surface area contributed by atoms with Gasteiger partial charge in [0.1, 0.15) is 10.6 Å². The van der Waals surface area contributed by atoms with Crippen molar-refractivity contribution in [2.75, 3.05) is 36.8 Å². The van der Waals surface area contributed by atoms with Crippen LogP contribution in [0.3, 0.4) is 0 Å². The molecule has 1 amide bonds. The normalized spacial score (nSPS) is 17.2. The molecular formula is C18H29N3O6S2. The Morgan fingerprint density at radius 1 is 1.24 bits per heavy atom. The second-order valence-corrected chi connectivity index (χ2v) is 11.0. The number of methoxy groups -OCH3 is 1. The number of sulfonamides is 2. The van der Waals surface area contributed by atoms with Crippen molar-refractivity contribution in [3.8, 4) is 5.75 Å². The number of rotatable bonds is 9. The third-order valence-electron chi connectivity index (χ3n) is 5.06. The highest BCUT2D eigenvalue weighted by Crippen LogP contribution is 2.32. The molecule has 9 nitrogen and oxygen atoms in total. The third kappa shape index (κ3) is 4.90. The number of hydrogen-bond donors (Lipinski definition) is 1. The lowest BCUT2D eigenvalue weighted by atomic mass is 10.0. The molecule has 1 aromatic carbocycles. The summed E-state index contributed by atoms with van der Waals surface area (Å²) in [7, 11) is -6.51. The molecule has 0 bridgehead atoms. The number of carbonyl (C=O) groups excluding carboxylic acids is 1. The van der Waals surface area contributed by atoms with Gasteiger partial charge >= 0.3 is 0 Å². The summed E-state index contributed by atoms with van der Waals surface area (Å²) in [6.45, 7) is 9.54. The van der Waals surface area contributed by atoms with Crippen LogP contribution in [0.2, 0.25) is 0 Å². The van der Waals surface area contributed by atoms with Crippen molar-refractivity contribution < 1.29 is 26.4 Å². The van der Waals surface area contributed by atoms with E-state index in [1.807, 2.05) is 27.7 Å². The first-order valence-corrected chi connectivity index (χ1v) is 12.5. The molecule has 0 aliphatic carbocycles. The second kappa shape index (κ2) is 8.58. The van der Waals surface area contributed by atoms with E-state index in [1.165, 1.54) is 19.2 Å². The smallest absolute Gasteiger partial charge is 0.244 e. The summed E-state index contributed by atoms with van der Waals surface area (Å²) in [6.07, 6.45) is -0.132. The molecule has 1 aliphatic heterocycles. The van der Waals surface area contributed by atoms with E-state index in [2.05, 4.69) is 9.62 Å². The van der Waals surface area contributed by atoms with Crippen molar-refractivity contribution >= 4 is 31.6 Å². The number of anilines is 1. The van der Waals surface area contributed by atoms with Crippen LogP contribution >= 0.6 is 0 Å². The Morgan fingerprint density at radius 3 is 2.34 bits per heavy atom. The maximum atomic E-state index is 13.0. The Morgan fingerprint density at radius 2 is 1.86 bits per heavy atom. The van der Waals surface area contributed by atoms with E-state index in [9.17, 15) is 21.6 Å². The zero-order chi connectivity index (χ0) is 22.0. The van der Waals surface area contributed by atoms with Crippen molar-refractivity contribution in [3.63, 3.8) is 0 Å². The highest BCUT2D eigenvalue weighted by molar-refractivity contribution is 7.94. The van der Waals surface area contributed by atoms with E-state index < -0.39 is 31.5 Å². The number of benzene rings is 1. The number of hydrogen-bond acceptors (Lipinski definition) is 7. The van der Waals surface area contributed by atoms with E-state index in [1.54, 1.807) is 0 Å². The standard InChI is InChI=1S/C18H29N3O6S2/c1-6-20(7-2)18(3,4)13-19-29(25,26)16-12-14(8-9-15(16)27-5)21-17(22)10-11-28(21,23)24/h8-9,12,19H,6-7,10-11,13H2,1-5H3.